The van der Waals surface area contributed by atoms with Gasteiger partial charge in [-0.1, -0.05) is 26.0 Å². The summed E-state index contributed by atoms with van der Waals surface area (Å²) in [5, 5.41) is 19.5. The van der Waals surface area contributed by atoms with Crippen LogP contribution in [0.4, 0.5) is 0 Å². The van der Waals surface area contributed by atoms with E-state index >= 15 is 0 Å². The highest BCUT2D eigenvalue weighted by atomic mass is 16.3. The fourth-order valence-electron chi connectivity index (χ4n) is 3.89. The summed E-state index contributed by atoms with van der Waals surface area (Å²) < 4.78 is 0. The van der Waals surface area contributed by atoms with Gasteiger partial charge in [0.1, 0.15) is 11.5 Å². The highest BCUT2D eigenvalue weighted by Gasteiger charge is 2.31. The van der Waals surface area contributed by atoms with E-state index < -0.39 is 0 Å². The molecule has 0 radical (unpaired) electrons. The summed E-state index contributed by atoms with van der Waals surface area (Å²) in [4.78, 5) is 0. The molecule has 0 fully saturated rings. The van der Waals surface area contributed by atoms with Gasteiger partial charge in [0, 0.05) is 0 Å². The summed E-state index contributed by atoms with van der Waals surface area (Å²) in [6, 6.07) is 11.6. The normalized spacial score (nSPS) is 21.2. The molecule has 22 heavy (non-hydrogen) atoms. The third-order valence-corrected chi connectivity index (χ3v) is 5.07. The molecule has 2 N–H and O–H groups in total. The van der Waals surface area contributed by atoms with Crippen molar-refractivity contribution < 1.29 is 10.2 Å². The number of hydrogen-bond acceptors (Lipinski definition) is 2. The number of fused-ring (bicyclic) bond motifs is 1. The molecular weight excluding hydrogens is 272 g/mol. The van der Waals surface area contributed by atoms with Crippen LogP contribution in [0.15, 0.2) is 36.4 Å². The summed E-state index contributed by atoms with van der Waals surface area (Å²) in [6.07, 6.45) is 5.19. The highest BCUT2D eigenvalue weighted by Crippen LogP contribution is 2.40. The fourth-order valence-corrected chi connectivity index (χ4v) is 3.89. The van der Waals surface area contributed by atoms with Crippen molar-refractivity contribution in [1.82, 2.24) is 0 Å². The van der Waals surface area contributed by atoms with Crippen LogP contribution in [0.25, 0.3) is 0 Å². The maximum absolute atomic E-state index is 9.77. The second kappa shape index (κ2) is 5.68. The van der Waals surface area contributed by atoms with E-state index in [1.54, 1.807) is 6.07 Å². The van der Waals surface area contributed by atoms with Crippen LogP contribution in [0.2, 0.25) is 0 Å². The van der Waals surface area contributed by atoms with Gasteiger partial charge >= 0.3 is 0 Å². The van der Waals surface area contributed by atoms with Gasteiger partial charge in [-0.05, 0) is 84.0 Å². The Kier molecular flexibility index (Phi) is 3.86. The van der Waals surface area contributed by atoms with Crippen molar-refractivity contribution in [1.29, 1.82) is 0 Å². The van der Waals surface area contributed by atoms with Crippen molar-refractivity contribution in [3.05, 3.63) is 58.7 Å². The lowest BCUT2D eigenvalue weighted by atomic mass is 9.73. The van der Waals surface area contributed by atoms with Crippen molar-refractivity contribution in [2.75, 3.05) is 0 Å². The molecule has 0 spiro atoms. The minimum atomic E-state index is 0.0846. The predicted octanol–water partition coefficient (Wildman–Crippen LogP) is 4.50. The average Bonchev–Trinajstić information content (AvgIpc) is 2.65. The summed E-state index contributed by atoms with van der Waals surface area (Å²) in [5.74, 6) is 0.712. The minimum absolute atomic E-state index is 0.0846. The van der Waals surface area contributed by atoms with E-state index in [9.17, 15) is 10.2 Å². The molecule has 0 aromatic heterocycles. The van der Waals surface area contributed by atoms with Crippen LogP contribution in [0, 0.1) is 0 Å². The molecule has 0 amide bonds. The molecule has 0 saturated heterocycles. The molecule has 116 valence electrons. The zero-order valence-corrected chi connectivity index (χ0v) is 13.4. The zero-order valence-electron chi connectivity index (χ0n) is 13.4. The Morgan fingerprint density at radius 3 is 2.50 bits per heavy atom. The molecule has 3 rings (SSSR count). The van der Waals surface area contributed by atoms with Gasteiger partial charge in [0.2, 0.25) is 0 Å². The van der Waals surface area contributed by atoms with Gasteiger partial charge in [-0.15, -0.1) is 0 Å². The van der Waals surface area contributed by atoms with Crippen molar-refractivity contribution >= 4 is 0 Å². The maximum atomic E-state index is 9.77. The number of benzene rings is 2. The van der Waals surface area contributed by atoms with Gasteiger partial charge in [0.15, 0.2) is 0 Å². The molecule has 2 heteroatoms. The quantitative estimate of drug-likeness (QED) is 0.801. The molecule has 0 saturated carbocycles. The SMILES string of the molecule is CCc1cc(O)ccc1C1(C)CCCc2cc(O)ccc2C1. The van der Waals surface area contributed by atoms with Crippen LogP contribution in [-0.2, 0) is 24.7 Å². The van der Waals surface area contributed by atoms with Crippen molar-refractivity contribution in [2.24, 2.45) is 0 Å². The van der Waals surface area contributed by atoms with E-state index in [0.29, 0.717) is 11.5 Å². The maximum Gasteiger partial charge on any atom is 0.115 e. The van der Waals surface area contributed by atoms with Gasteiger partial charge in [-0.25, -0.2) is 0 Å². The van der Waals surface area contributed by atoms with Crippen LogP contribution in [-0.4, -0.2) is 10.2 Å². The first-order chi connectivity index (χ1) is 10.5. The van der Waals surface area contributed by atoms with Gasteiger partial charge in [0.05, 0.1) is 0 Å². The Bertz CT molecular complexity index is 690. The molecule has 1 unspecified atom stereocenters. The Balaban J connectivity index is 2.04. The standard InChI is InChI=1S/C20H24O2/c1-3-14-11-18(22)8-9-19(14)20(2)10-4-5-15-12-17(21)7-6-16(15)13-20/h6-9,11-12,21-22H,3-5,10,13H2,1-2H3. The molecule has 0 heterocycles. The van der Waals surface area contributed by atoms with Crippen LogP contribution in [0.3, 0.4) is 0 Å². The Hall–Kier alpha value is -1.96. The van der Waals surface area contributed by atoms with Crippen LogP contribution in [0.1, 0.15) is 48.9 Å². The lowest BCUT2D eigenvalue weighted by molar-refractivity contribution is 0.423. The summed E-state index contributed by atoms with van der Waals surface area (Å²) in [7, 11) is 0. The topological polar surface area (TPSA) is 40.5 Å². The molecule has 2 nitrogen and oxygen atoms in total. The van der Waals surface area contributed by atoms with Gasteiger partial charge < -0.3 is 10.2 Å². The number of aryl methyl sites for hydroxylation is 2. The Morgan fingerprint density at radius 1 is 1.00 bits per heavy atom. The van der Waals surface area contributed by atoms with E-state index in [4.69, 9.17) is 0 Å². The molecule has 2 aromatic carbocycles. The van der Waals surface area contributed by atoms with Crippen molar-refractivity contribution in [2.45, 2.75) is 51.4 Å². The second-order valence-electron chi connectivity index (χ2n) is 6.74. The Labute approximate surface area is 132 Å². The van der Waals surface area contributed by atoms with Gasteiger partial charge in [0.25, 0.3) is 0 Å². The molecule has 0 aliphatic heterocycles. The van der Waals surface area contributed by atoms with Gasteiger partial charge in [-0.2, -0.15) is 0 Å². The van der Waals surface area contributed by atoms with E-state index in [1.165, 1.54) is 22.3 Å². The first-order valence-corrected chi connectivity index (χ1v) is 8.15. The molecule has 1 aliphatic carbocycles. The Morgan fingerprint density at radius 2 is 1.73 bits per heavy atom. The van der Waals surface area contributed by atoms with Crippen LogP contribution >= 0.6 is 0 Å². The molecular formula is C20H24O2. The van der Waals surface area contributed by atoms with Crippen LogP contribution in [0.5, 0.6) is 11.5 Å². The number of rotatable bonds is 2. The van der Waals surface area contributed by atoms with E-state index in [-0.39, 0.29) is 5.41 Å². The largest absolute Gasteiger partial charge is 0.508 e. The van der Waals surface area contributed by atoms with Crippen molar-refractivity contribution in [3.8, 4) is 11.5 Å². The van der Waals surface area contributed by atoms with Crippen molar-refractivity contribution in [3.63, 3.8) is 0 Å². The average molecular weight is 296 g/mol. The molecule has 0 bridgehead atoms. The predicted molar refractivity (Wildman–Crippen MR) is 89.6 cm³/mol. The molecule has 1 atom stereocenters. The van der Waals surface area contributed by atoms with Crippen LogP contribution < -0.4 is 0 Å². The lowest BCUT2D eigenvalue weighted by Gasteiger charge is -2.31. The molecule has 1 aliphatic rings. The minimum Gasteiger partial charge on any atom is -0.508 e. The zero-order chi connectivity index (χ0) is 15.7. The number of phenolic OH excluding ortho intramolecular Hbond substituents is 2. The van der Waals surface area contributed by atoms with E-state index in [1.807, 2.05) is 18.2 Å². The summed E-state index contributed by atoms with van der Waals surface area (Å²) in [6.45, 7) is 4.48. The number of phenols is 2. The summed E-state index contributed by atoms with van der Waals surface area (Å²) in [5.41, 5.74) is 5.30. The lowest BCUT2D eigenvalue weighted by Crippen LogP contribution is -2.25. The van der Waals surface area contributed by atoms with E-state index in [0.717, 1.165) is 32.1 Å². The smallest absolute Gasteiger partial charge is 0.115 e. The highest BCUT2D eigenvalue weighted by molar-refractivity contribution is 5.43. The summed E-state index contributed by atoms with van der Waals surface area (Å²) >= 11 is 0. The molecule has 2 aromatic rings. The number of hydrogen-bond donors (Lipinski definition) is 2. The van der Waals surface area contributed by atoms with Gasteiger partial charge in [-0.3, -0.25) is 0 Å². The monoisotopic (exact) mass is 296 g/mol. The number of aromatic hydroxyl groups is 2. The third-order valence-electron chi connectivity index (χ3n) is 5.07. The van der Waals surface area contributed by atoms with E-state index in [2.05, 4.69) is 26.0 Å². The second-order valence-corrected chi connectivity index (χ2v) is 6.74. The third kappa shape index (κ3) is 2.70. The first kappa shape index (κ1) is 15.0. The fraction of sp³-hybridized carbons (Fsp3) is 0.400. The first-order valence-electron chi connectivity index (χ1n) is 8.15.